The number of halogens is 3. The van der Waals surface area contributed by atoms with Crippen LogP contribution in [0.3, 0.4) is 0 Å². The molecule has 0 saturated heterocycles. The summed E-state index contributed by atoms with van der Waals surface area (Å²) in [7, 11) is 0. The topological polar surface area (TPSA) is 108 Å². The van der Waals surface area contributed by atoms with E-state index in [9.17, 15) is 27.9 Å². The number of hydrogen-bond acceptors (Lipinski definition) is 6. The molecule has 0 fully saturated rings. The van der Waals surface area contributed by atoms with Crippen LogP contribution in [0.1, 0.15) is 5.56 Å². The van der Waals surface area contributed by atoms with Gasteiger partial charge in [-0.05, 0) is 12.1 Å². The standard InChI is InChI=1S/C9H4F3N3O4/c10-9(11,12)3-1-4-6(14-15-13-4)5(2-3)19-8(18)7(16)17/h1-2H,(H,16,17)(H,13,14,15)/p-1. The maximum atomic E-state index is 12.6. The summed E-state index contributed by atoms with van der Waals surface area (Å²) in [5.41, 5.74) is -1.59. The van der Waals surface area contributed by atoms with Gasteiger partial charge in [0.05, 0.1) is 5.56 Å². The van der Waals surface area contributed by atoms with E-state index in [4.69, 9.17) is 0 Å². The molecule has 100 valence electrons. The number of benzene rings is 1. The molecule has 1 aromatic heterocycles. The molecule has 0 radical (unpaired) electrons. The zero-order chi connectivity index (χ0) is 14.2. The highest BCUT2D eigenvalue weighted by Gasteiger charge is 2.32. The van der Waals surface area contributed by atoms with Gasteiger partial charge >= 0.3 is 12.1 Å². The molecule has 2 rings (SSSR count). The van der Waals surface area contributed by atoms with E-state index in [-0.39, 0.29) is 11.0 Å². The van der Waals surface area contributed by atoms with Gasteiger partial charge in [-0.3, -0.25) is 0 Å². The van der Waals surface area contributed by atoms with Crippen molar-refractivity contribution in [3.63, 3.8) is 0 Å². The number of nitrogens with one attached hydrogen (secondary N) is 1. The van der Waals surface area contributed by atoms with Gasteiger partial charge < -0.3 is 14.6 Å². The van der Waals surface area contributed by atoms with Crippen molar-refractivity contribution in [2.45, 2.75) is 6.18 Å². The Kier molecular flexibility index (Phi) is 2.85. The van der Waals surface area contributed by atoms with Crippen LogP contribution in [-0.2, 0) is 15.8 Å². The number of alkyl halides is 3. The summed E-state index contributed by atoms with van der Waals surface area (Å²) in [5.74, 6) is -4.69. The second-order valence-electron chi connectivity index (χ2n) is 3.34. The van der Waals surface area contributed by atoms with Crippen molar-refractivity contribution >= 4 is 23.0 Å². The lowest BCUT2D eigenvalue weighted by molar-refractivity contribution is -0.302. The van der Waals surface area contributed by atoms with Crippen molar-refractivity contribution in [2.75, 3.05) is 0 Å². The third-order valence-electron chi connectivity index (χ3n) is 2.08. The SMILES string of the molecule is O=C([O-])C(=O)Oc1cc(C(F)(F)F)cc2n[nH]nc12. The number of carboxylic acids is 1. The summed E-state index contributed by atoms with van der Waals surface area (Å²) < 4.78 is 42.0. The zero-order valence-electron chi connectivity index (χ0n) is 8.82. The highest BCUT2D eigenvalue weighted by atomic mass is 19.4. The molecular weight excluding hydrogens is 271 g/mol. The smallest absolute Gasteiger partial charge is 0.416 e. The van der Waals surface area contributed by atoms with E-state index in [1.165, 1.54) is 0 Å². The van der Waals surface area contributed by atoms with Gasteiger partial charge in [0, 0.05) is 0 Å². The number of carbonyl (C=O) groups is 2. The zero-order valence-corrected chi connectivity index (χ0v) is 8.82. The Hall–Kier alpha value is -2.65. The number of carboxylic acid groups (broad SMARTS) is 1. The third kappa shape index (κ3) is 2.46. The van der Waals surface area contributed by atoms with Gasteiger partial charge in [0.25, 0.3) is 0 Å². The maximum Gasteiger partial charge on any atom is 0.416 e. The number of H-pyrrole nitrogens is 1. The summed E-state index contributed by atoms with van der Waals surface area (Å²) in [6, 6.07) is 1.13. The molecule has 0 aliphatic heterocycles. The summed E-state index contributed by atoms with van der Waals surface area (Å²) in [5, 5.41) is 19.1. The van der Waals surface area contributed by atoms with Crippen LogP contribution in [0.25, 0.3) is 11.0 Å². The Labute approximate surface area is 102 Å². The lowest BCUT2D eigenvalue weighted by Gasteiger charge is -2.09. The van der Waals surface area contributed by atoms with Crippen LogP contribution in [0.5, 0.6) is 5.75 Å². The minimum Gasteiger partial charge on any atom is -0.539 e. The first kappa shape index (κ1) is 12.8. The summed E-state index contributed by atoms with van der Waals surface area (Å²) in [6.07, 6.45) is -4.71. The van der Waals surface area contributed by atoms with Crippen LogP contribution in [0.2, 0.25) is 0 Å². The summed E-state index contributed by atoms with van der Waals surface area (Å²) in [6.45, 7) is 0. The molecule has 0 saturated carbocycles. The fraction of sp³-hybridized carbons (Fsp3) is 0.111. The highest BCUT2D eigenvalue weighted by Crippen LogP contribution is 2.35. The number of esters is 1. The third-order valence-corrected chi connectivity index (χ3v) is 2.08. The van der Waals surface area contributed by atoms with Crippen molar-refractivity contribution in [3.05, 3.63) is 17.7 Å². The molecule has 10 heteroatoms. The Balaban J connectivity index is 2.54. The second-order valence-corrected chi connectivity index (χ2v) is 3.34. The van der Waals surface area contributed by atoms with Crippen LogP contribution in [-0.4, -0.2) is 27.3 Å². The van der Waals surface area contributed by atoms with Gasteiger partial charge in [0.1, 0.15) is 5.52 Å². The number of aromatic amines is 1. The van der Waals surface area contributed by atoms with E-state index in [0.717, 1.165) is 0 Å². The van der Waals surface area contributed by atoms with Crippen molar-refractivity contribution < 1.29 is 32.6 Å². The Bertz CT molecular complexity index is 664. The average Bonchev–Trinajstić information content (AvgIpc) is 2.75. The molecule has 1 aromatic carbocycles. The highest BCUT2D eigenvalue weighted by molar-refractivity contribution is 6.28. The van der Waals surface area contributed by atoms with Gasteiger partial charge in [-0.15, -0.1) is 0 Å². The average molecular weight is 274 g/mol. The molecule has 0 unspecified atom stereocenters. The van der Waals surface area contributed by atoms with Crippen molar-refractivity contribution in [2.24, 2.45) is 0 Å². The number of carbonyl (C=O) groups excluding carboxylic acids is 2. The van der Waals surface area contributed by atoms with Gasteiger partial charge in [-0.2, -0.15) is 28.6 Å². The van der Waals surface area contributed by atoms with E-state index in [1.54, 1.807) is 0 Å². The first-order valence-electron chi connectivity index (χ1n) is 4.64. The predicted molar refractivity (Wildman–Crippen MR) is 49.5 cm³/mol. The molecule has 0 aliphatic rings. The fourth-order valence-electron chi connectivity index (χ4n) is 1.30. The number of aromatic nitrogens is 3. The number of rotatable bonds is 1. The monoisotopic (exact) mass is 274 g/mol. The number of fused-ring (bicyclic) bond motifs is 1. The van der Waals surface area contributed by atoms with E-state index < -0.39 is 29.4 Å². The molecule has 2 aromatic rings. The van der Waals surface area contributed by atoms with Crippen LogP contribution < -0.4 is 9.84 Å². The molecule has 1 N–H and O–H groups in total. The van der Waals surface area contributed by atoms with Gasteiger partial charge in [-0.1, -0.05) is 0 Å². The van der Waals surface area contributed by atoms with Crippen LogP contribution in [0.4, 0.5) is 13.2 Å². The van der Waals surface area contributed by atoms with E-state index >= 15 is 0 Å². The van der Waals surface area contributed by atoms with Crippen molar-refractivity contribution in [3.8, 4) is 5.75 Å². The molecule has 0 atom stereocenters. The number of hydrogen-bond donors (Lipinski definition) is 1. The van der Waals surface area contributed by atoms with Crippen LogP contribution in [0, 0.1) is 0 Å². The molecule has 0 spiro atoms. The molecule has 0 bridgehead atoms. The summed E-state index contributed by atoms with van der Waals surface area (Å²) >= 11 is 0. The van der Waals surface area contributed by atoms with Crippen molar-refractivity contribution in [1.82, 2.24) is 15.4 Å². The molecule has 1 heterocycles. The van der Waals surface area contributed by atoms with Gasteiger partial charge in [0.2, 0.25) is 0 Å². The second kappa shape index (κ2) is 4.23. The van der Waals surface area contributed by atoms with E-state index in [1.807, 2.05) is 5.21 Å². The molecule has 0 amide bonds. The predicted octanol–water partition coefficient (Wildman–Crippen LogP) is -0.368. The Morgan fingerprint density at radius 3 is 2.53 bits per heavy atom. The Morgan fingerprint density at radius 2 is 1.95 bits per heavy atom. The van der Waals surface area contributed by atoms with Crippen LogP contribution >= 0.6 is 0 Å². The van der Waals surface area contributed by atoms with Crippen molar-refractivity contribution in [1.29, 1.82) is 0 Å². The molecule has 0 aliphatic carbocycles. The minimum absolute atomic E-state index is 0.206. The largest absolute Gasteiger partial charge is 0.539 e. The van der Waals surface area contributed by atoms with Crippen LogP contribution in [0.15, 0.2) is 12.1 Å². The fourth-order valence-corrected chi connectivity index (χ4v) is 1.30. The first-order valence-corrected chi connectivity index (χ1v) is 4.64. The lowest BCUT2D eigenvalue weighted by Crippen LogP contribution is -2.35. The van der Waals surface area contributed by atoms with Gasteiger partial charge in [0.15, 0.2) is 17.2 Å². The number of nitrogens with zero attached hydrogens (tertiary/aromatic N) is 2. The molecule has 7 nitrogen and oxygen atoms in total. The normalized spacial score (nSPS) is 11.5. The van der Waals surface area contributed by atoms with Gasteiger partial charge in [-0.25, -0.2) is 4.79 Å². The maximum absolute atomic E-state index is 12.6. The van der Waals surface area contributed by atoms with E-state index in [0.29, 0.717) is 12.1 Å². The quantitative estimate of drug-likeness (QED) is 0.432. The number of aliphatic carboxylic acids is 1. The Morgan fingerprint density at radius 1 is 1.26 bits per heavy atom. The molecule has 19 heavy (non-hydrogen) atoms. The van der Waals surface area contributed by atoms with E-state index in [2.05, 4.69) is 14.9 Å². The lowest BCUT2D eigenvalue weighted by atomic mass is 10.2. The first-order chi connectivity index (χ1) is 8.79. The number of ether oxygens (including phenoxy) is 1. The summed E-state index contributed by atoms with van der Waals surface area (Å²) in [4.78, 5) is 21.0. The molecular formula is C9H3F3N3O4-. The minimum atomic E-state index is -4.71.